The number of nitrogens with zero attached hydrogens (tertiary/aromatic N) is 2. The number of hydrogen-bond acceptors (Lipinski definition) is 2. The summed E-state index contributed by atoms with van der Waals surface area (Å²) in [5, 5.41) is 0.477. The molecular weight excluding hydrogens is 362 g/mol. The van der Waals surface area contributed by atoms with Crippen LogP contribution in [0.25, 0.3) is 22.2 Å². The highest BCUT2D eigenvalue weighted by Gasteiger charge is 2.23. The Morgan fingerprint density at radius 2 is 1.78 bits per heavy atom. The standard InChI is InChI=1S/C16H10Cl3FN2O/c17-16(18,19)9-22-13-7-6-11(20)8-12(13)14(21-15(22)23)10-4-2-1-3-5-10/h1-8H,9H2. The van der Waals surface area contributed by atoms with Crippen molar-refractivity contribution in [2.45, 2.75) is 10.3 Å². The molecule has 0 amide bonds. The van der Waals surface area contributed by atoms with Gasteiger partial charge in [0.25, 0.3) is 0 Å². The van der Waals surface area contributed by atoms with Gasteiger partial charge in [-0.15, -0.1) is 0 Å². The van der Waals surface area contributed by atoms with Gasteiger partial charge in [0.1, 0.15) is 5.82 Å². The molecule has 118 valence electrons. The van der Waals surface area contributed by atoms with E-state index in [4.69, 9.17) is 34.8 Å². The summed E-state index contributed by atoms with van der Waals surface area (Å²) in [5.74, 6) is -0.435. The van der Waals surface area contributed by atoms with E-state index in [0.29, 0.717) is 22.2 Å². The van der Waals surface area contributed by atoms with E-state index in [9.17, 15) is 9.18 Å². The highest BCUT2D eigenvalue weighted by atomic mass is 35.6. The summed E-state index contributed by atoms with van der Waals surface area (Å²) in [5.41, 5.74) is 0.998. The van der Waals surface area contributed by atoms with E-state index >= 15 is 0 Å². The van der Waals surface area contributed by atoms with Gasteiger partial charge in [0, 0.05) is 10.9 Å². The minimum atomic E-state index is -1.67. The summed E-state index contributed by atoms with van der Waals surface area (Å²) >= 11 is 17.4. The van der Waals surface area contributed by atoms with Crippen LogP contribution in [0.1, 0.15) is 0 Å². The lowest BCUT2D eigenvalue weighted by Crippen LogP contribution is -2.29. The smallest absolute Gasteiger partial charge is 0.288 e. The van der Waals surface area contributed by atoms with E-state index in [1.165, 1.54) is 22.8 Å². The predicted octanol–water partition coefficient (Wildman–Crippen LogP) is 4.57. The van der Waals surface area contributed by atoms with Gasteiger partial charge in [-0.1, -0.05) is 65.1 Å². The average Bonchev–Trinajstić information content (AvgIpc) is 2.49. The molecule has 0 radical (unpaired) electrons. The molecule has 0 spiro atoms. The molecular formula is C16H10Cl3FN2O. The minimum Gasteiger partial charge on any atom is -0.288 e. The lowest BCUT2D eigenvalue weighted by Gasteiger charge is -2.16. The monoisotopic (exact) mass is 370 g/mol. The molecule has 0 aliphatic heterocycles. The molecule has 0 aliphatic rings. The zero-order chi connectivity index (χ0) is 16.6. The molecule has 3 nitrogen and oxygen atoms in total. The van der Waals surface area contributed by atoms with Gasteiger partial charge in [0.15, 0.2) is 0 Å². The maximum Gasteiger partial charge on any atom is 0.348 e. The first kappa shape index (κ1) is 16.2. The van der Waals surface area contributed by atoms with Crippen LogP contribution in [-0.2, 0) is 6.54 Å². The molecule has 3 rings (SSSR count). The largest absolute Gasteiger partial charge is 0.348 e. The molecule has 2 aromatic carbocycles. The summed E-state index contributed by atoms with van der Waals surface area (Å²) in [6.45, 7) is -0.180. The number of rotatable bonds is 2. The van der Waals surface area contributed by atoms with Gasteiger partial charge in [0.2, 0.25) is 3.79 Å². The van der Waals surface area contributed by atoms with Gasteiger partial charge in [0.05, 0.1) is 17.8 Å². The van der Waals surface area contributed by atoms with E-state index in [-0.39, 0.29) is 6.54 Å². The molecule has 0 atom stereocenters. The second kappa shape index (κ2) is 6.11. The Kier molecular flexibility index (Phi) is 4.32. The zero-order valence-electron chi connectivity index (χ0n) is 11.6. The Labute approximate surface area is 146 Å². The number of hydrogen-bond donors (Lipinski definition) is 0. The number of halogens is 4. The van der Waals surface area contributed by atoms with Crippen LogP contribution < -0.4 is 5.69 Å². The Balaban J connectivity index is 2.34. The third-order valence-electron chi connectivity index (χ3n) is 3.33. The van der Waals surface area contributed by atoms with Crippen molar-refractivity contribution in [3.8, 4) is 11.3 Å². The van der Waals surface area contributed by atoms with Crippen LogP contribution in [0, 0.1) is 5.82 Å². The van der Waals surface area contributed by atoms with Crippen molar-refractivity contribution in [1.82, 2.24) is 9.55 Å². The van der Waals surface area contributed by atoms with Crippen LogP contribution in [0.4, 0.5) is 4.39 Å². The Hall–Kier alpha value is -1.62. The zero-order valence-corrected chi connectivity index (χ0v) is 13.9. The lowest BCUT2D eigenvalue weighted by molar-refractivity contribution is 0.628. The molecule has 3 aromatic rings. The number of benzene rings is 2. The summed E-state index contributed by atoms with van der Waals surface area (Å²) in [4.78, 5) is 16.4. The van der Waals surface area contributed by atoms with Crippen LogP contribution in [0.3, 0.4) is 0 Å². The molecule has 0 bridgehead atoms. The Bertz CT molecular complexity index is 920. The van der Waals surface area contributed by atoms with E-state index in [1.54, 1.807) is 12.1 Å². The van der Waals surface area contributed by atoms with Gasteiger partial charge >= 0.3 is 5.69 Å². The van der Waals surface area contributed by atoms with Crippen LogP contribution >= 0.6 is 34.8 Å². The molecule has 1 aromatic heterocycles. The number of alkyl halides is 3. The summed E-state index contributed by atoms with van der Waals surface area (Å²) in [7, 11) is 0. The summed E-state index contributed by atoms with van der Waals surface area (Å²) in [6, 6.07) is 13.1. The van der Waals surface area contributed by atoms with Crippen LogP contribution in [0.5, 0.6) is 0 Å². The second-order valence-electron chi connectivity index (χ2n) is 4.97. The molecule has 0 aliphatic carbocycles. The third-order valence-corrected chi connectivity index (χ3v) is 3.69. The SMILES string of the molecule is O=c1nc(-c2ccccc2)c2cc(F)ccc2n1CC(Cl)(Cl)Cl. The van der Waals surface area contributed by atoms with Crippen molar-refractivity contribution in [1.29, 1.82) is 0 Å². The molecule has 7 heteroatoms. The molecule has 0 fully saturated rings. The quantitative estimate of drug-likeness (QED) is 0.618. The first-order valence-corrected chi connectivity index (χ1v) is 7.81. The van der Waals surface area contributed by atoms with E-state index in [0.717, 1.165) is 0 Å². The first-order chi connectivity index (χ1) is 10.8. The fraction of sp³-hybridized carbons (Fsp3) is 0.125. The lowest BCUT2D eigenvalue weighted by atomic mass is 10.1. The van der Waals surface area contributed by atoms with Crippen LogP contribution in [0.2, 0.25) is 0 Å². The normalized spacial score (nSPS) is 11.8. The van der Waals surface area contributed by atoms with E-state index in [2.05, 4.69) is 4.98 Å². The van der Waals surface area contributed by atoms with Crippen LogP contribution in [-0.4, -0.2) is 13.3 Å². The van der Waals surface area contributed by atoms with Crippen molar-refractivity contribution in [3.05, 3.63) is 64.8 Å². The Morgan fingerprint density at radius 1 is 1.09 bits per heavy atom. The van der Waals surface area contributed by atoms with E-state index < -0.39 is 15.3 Å². The highest BCUT2D eigenvalue weighted by Crippen LogP contribution is 2.31. The number of fused-ring (bicyclic) bond motifs is 1. The van der Waals surface area contributed by atoms with Gasteiger partial charge in [-0.05, 0) is 18.2 Å². The topological polar surface area (TPSA) is 34.9 Å². The first-order valence-electron chi connectivity index (χ1n) is 6.67. The highest BCUT2D eigenvalue weighted by molar-refractivity contribution is 6.67. The van der Waals surface area contributed by atoms with Crippen molar-refractivity contribution < 1.29 is 4.39 Å². The molecule has 0 unspecified atom stereocenters. The fourth-order valence-corrected chi connectivity index (χ4v) is 2.76. The Morgan fingerprint density at radius 3 is 2.43 bits per heavy atom. The van der Waals surface area contributed by atoms with Crippen molar-refractivity contribution in [3.63, 3.8) is 0 Å². The second-order valence-corrected chi connectivity index (χ2v) is 7.49. The van der Waals surface area contributed by atoms with E-state index in [1.807, 2.05) is 18.2 Å². The van der Waals surface area contributed by atoms with Gasteiger partial charge in [-0.25, -0.2) is 9.18 Å². The molecule has 23 heavy (non-hydrogen) atoms. The number of aromatic nitrogens is 2. The molecule has 0 N–H and O–H groups in total. The van der Waals surface area contributed by atoms with Crippen molar-refractivity contribution in [2.24, 2.45) is 0 Å². The van der Waals surface area contributed by atoms with Crippen molar-refractivity contribution >= 4 is 45.7 Å². The predicted molar refractivity (Wildman–Crippen MR) is 91.7 cm³/mol. The van der Waals surface area contributed by atoms with Gasteiger partial charge < -0.3 is 0 Å². The summed E-state index contributed by atoms with van der Waals surface area (Å²) < 4.78 is 13.3. The van der Waals surface area contributed by atoms with Gasteiger partial charge in [-0.3, -0.25) is 4.57 Å². The average molecular weight is 372 g/mol. The van der Waals surface area contributed by atoms with Crippen LogP contribution in [0.15, 0.2) is 53.3 Å². The fourth-order valence-electron chi connectivity index (χ4n) is 2.40. The van der Waals surface area contributed by atoms with Gasteiger partial charge in [-0.2, -0.15) is 4.98 Å². The molecule has 0 saturated carbocycles. The molecule has 0 saturated heterocycles. The maximum atomic E-state index is 13.7. The maximum absolute atomic E-state index is 13.7. The summed E-state index contributed by atoms with van der Waals surface area (Å²) in [6.07, 6.45) is 0. The third kappa shape index (κ3) is 3.50. The molecule has 1 heterocycles. The van der Waals surface area contributed by atoms with Crippen molar-refractivity contribution in [2.75, 3.05) is 0 Å². The minimum absolute atomic E-state index is 0.180.